The van der Waals surface area contributed by atoms with Crippen LogP contribution in [0.3, 0.4) is 0 Å². The number of fused-ring (bicyclic) bond motifs is 1. The standard InChI is InChI=1S/C12H9NO3/c13-4-3-10-7-12-11(15-8-16-12)6-9(10)2-1-5-14/h6-7,14H,3,5,8H2. The van der Waals surface area contributed by atoms with E-state index in [1.54, 1.807) is 12.1 Å². The molecule has 0 unspecified atom stereocenters. The SMILES string of the molecule is N#CCc1cc2c(cc1C#CCO)OCO2. The van der Waals surface area contributed by atoms with Crippen LogP contribution in [0.2, 0.25) is 0 Å². The van der Waals surface area contributed by atoms with Crippen molar-refractivity contribution in [3.05, 3.63) is 23.3 Å². The Morgan fingerprint density at radius 1 is 1.31 bits per heavy atom. The van der Waals surface area contributed by atoms with Crippen molar-refractivity contribution in [2.45, 2.75) is 6.42 Å². The third kappa shape index (κ3) is 1.93. The Morgan fingerprint density at radius 2 is 2.06 bits per heavy atom. The molecule has 1 N–H and O–H groups in total. The van der Waals surface area contributed by atoms with E-state index >= 15 is 0 Å². The first kappa shape index (κ1) is 10.4. The van der Waals surface area contributed by atoms with Crippen molar-refractivity contribution in [3.63, 3.8) is 0 Å². The summed E-state index contributed by atoms with van der Waals surface area (Å²) in [5, 5.41) is 17.3. The lowest BCUT2D eigenvalue weighted by Gasteiger charge is -2.02. The average molecular weight is 215 g/mol. The minimum absolute atomic E-state index is 0.193. The van der Waals surface area contributed by atoms with Gasteiger partial charge in [0.2, 0.25) is 6.79 Å². The van der Waals surface area contributed by atoms with Gasteiger partial charge in [-0.05, 0) is 11.6 Å². The van der Waals surface area contributed by atoms with Gasteiger partial charge in [-0.15, -0.1) is 0 Å². The van der Waals surface area contributed by atoms with Crippen LogP contribution in [0.1, 0.15) is 11.1 Å². The summed E-state index contributed by atoms with van der Waals surface area (Å²) < 4.78 is 10.4. The fourth-order valence-electron chi connectivity index (χ4n) is 1.47. The molecule has 0 aromatic heterocycles. The summed E-state index contributed by atoms with van der Waals surface area (Å²) in [6, 6.07) is 5.56. The third-order valence-corrected chi connectivity index (χ3v) is 2.17. The molecule has 1 aromatic carbocycles. The zero-order valence-corrected chi connectivity index (χ0v) is 8.49. The summed E-state index contributed by atoms with van der Waals surface area (Å²) in [7, 11) is 0. The molecule has 1 aromatic rings. The van der Waals surface area contributed by atoms with Crippen molar-refractivity contribution in [1.82, 2.24) is 0 Å². The van der Waals surface area contributed by atoms with Crippen LogP contribution < -0.4 is 9.47 Å². The highest BCUT2D eigenvalue weighted by molar-refractivity contribution is 5.54. The lowest BCUT2D eigenvalue weighted by molar-refractivity contribution is 0.174. The molecule has 0 spiro atoms. The van der Waals surface area contributed by atoms with Gasteiger partial charge in [0.25, 0.3) is 0 Å². The number of hydrogen-bond acceptors (Lipinski definition) is 4. The summed E-state index contributed by atoms with van der Waals surface area (Å²) in [5.41, 5.74) is 1.48. The molecule has 4 heteroatoms. The maximum absolute atomic E-state index is 8.70. The van der Waals surface area contributed by atoms with E-state index in [-0.39, 0.29) is 19.8 Å². The molecule has 1 heterocycles. The molecule has 0 bridgehead atoms. The molecule has 16 heavy (non-hydrogen) atoms. The molecule has 0 saturated heterocycles. The predicted octanol–water partition coefficient (Wildman–Crippen LogP) is 0.825. The van der Waals surface area contributed by atoms with Crippen molar-refractivity contribution in [2.75, 3.05) is 13.4 Å². The van der Waals surface area contributed by atoms with Gasteiger partial charge in [-0.3, -0.25) is 0 Å². The number of rotatable bonds is 1. The minimum atomic E-state index is -0.208. The van der Waals surface area contributed by atoms with Gasteiger partial charge in [0.15, 0.2) is 11.5 Å². The summed E-state index contributed by atoms with van der Waals surface area (Å²) in [6.45, 7) is -0.0152. The molecular weight excluding hydrogens is 206 g/mol. The third-order valence-electron chi connectivity index (χ3n) is 2.17. The molecule has 0 fully saturated rings. The Morgan fingerprint density at radius 3 is 2.75 bits per heavy atom. The molecule has 2 rings (SSSR count). The molecule has 0 saturated carbocycles. The van der Waals surface area contributed by atoms with E-state index in [9.17, 15) is 0 Å². The molecule has 0 aliphatic carbocycles. The topological polar surface area (TPSA) is 62.5 Å². The smallest absolute Gasteiger partial charge is 0.231 e. The lowest BCUT2D eigenvalue weighted by atomic mass is 10.0. The molecule has 80 valence electrons. The van der Waals surface area contributed by atoms with Gasteiger partial charge in [0.05, 0.1) is 12.5 Å². The van der Waals surface area contributed by atoms with Crippen LogP contribution in [0, 0.1) is 23.2 Å². The van der Waals surface area contributed by atoms with Crippen LogP contribution in [0.15, 0.2) is 12.1 Å². The van der Waals surface area contributed by atoms with E-state index in [1.165, 1.54) is 0 Å². The first-order chi connectivity index (χ1) is 7.85. The van der Waals surface area contributed by atoms with Crippen molar-refractivity contribution in [1.29, 1.82) is 5.26 Å². The summed E-state index contributed by atoms with van der Waals surface area (Å²) in [5.74, 6) is 6.61. The van der Waals surface area contributed by atoms with Crippen LogP contribution in [0.4, 0.5) is 0 Å². The highest BCUT2D eigenvalue weighted by atomic mass is 16.7. The molecule has 1 aliphatic heterocycles. The Balaban J connectivity index is 2.45. The predicted molar refractivity (Wildman–Crippen MR) is 55.8 cm³/mol. The van der Waals surface area contributed by atoms with Crippen LogP contribution in [-0.2, 0) is 6.42 Å². The number of benzene rings is 1. The van der Waals surface area contributed by atoms with E-state index in [4.69, 9.17) is 19.8 Å². The van der Waals surface area contributed by atoms with Crippen LogP contribution in [0.5, 0.6) is 11.5 Å². The van der Waals surface area contributed by atoms with Crippen LogP contribution in [0.25, 0.3) is 0 Å². The zero-order chi connectivity index (χ0) is 11.4. The summed E-state index contributed by atoms with van der Waals surface area (Å²) >= 11 is 0. The minimum Gasteiger partial charge on any atom is -0.454 e. The second kappa shape index (κ2) is 4.57. The van der Waals surface area contributed by atoms with Gasteiger partial charge in [-0.2, -0.15) is 5.26 Å². The maximum Gasteiger partial charge on any atom is 0.231 e. The van der Waals surface area contributed by atoms with Gasteiger partial charge in [0, 0.05) is 11.6 Å². The Kier molecular flexibility index (Phi) is 2.95. The average Bonchev–Trinajstić information content (AvgIpc) is 2.73. The number of nitriles is 1. The van der Waals surface area contributed by atoms with Gasteiger partial charge < -0.3 is 14.6 Å². The Labute approximate surface area is 93.0 Å². The molecule has 0 radical (unpaired) electrons. The normalized spacial score (nSPS) is 11.5. The highest BCUT2D eigenvalue weighted by Gasteiger charge is 2.16. The maximum atomic E-state index is 8.70. The molecule has 1 aliphatic rings. The summed E-state index contributed by atoms with van der Waals surface area (Å²) in [4.78, 5) is 0. The van der Waals surface area contributed by atoms with Gasteiger partial charge in [-0.25, -0.2) is 0 Å². The van der Waals surface area contributed by atoms with Crippen LogP contribution in [-0.4, -0.2) is 18.5 Å². The second-order valence-electron chi connectivity index (χ2n) is 3.16. The largest absolute Gasteiger partial charge is 0.454 e. The van der Waals surface area contributed by atoms with Crippen LogP contribution >= 0.6 is 0 Å². The fourth-order valence-corrected chi connectivity index (χ4v) is 1.47. The molecule has 0 atom stereocenters. The second-order valence-corrected chi connectivity index (χ2v) is 3.16. The van der Waals surface area contributed by atoms with Gasteiger partial charge >= 0.3 is 0 Å². The quantitative estimate of drug-likeness (QED) is 0.704. The van der Waals surface area contributed by atoms with Gasteiger partial charge in [-0.1, -0.05) is 11.8 Å². The molecule has 0 amide bonds. The molecule has 4 nitrogen and oxygen atoms in total. The number of ether oxygens (including phenoxy) is 2. The van der Waals surface area contributed by atoms with E-state index < -0.39 is 0 Å². The molecular formula is C12H9NO3. The zero-order valence-electron chi connectivity index (χ0n) is 8.49. The lowest BCUT2D eigenvalue weighted by Crippen LogP contribution is -1.92. The highest BCUT2D eigenvalue weighted by Crippen LogP contribution is 2.34. The van der Waals surface area contributed by atoms with E-state index in [2.05, 4.69) is 17.9 Å². The number of aliphatic hydroxyl groups is 1. The van der Waals surface area contributed by atoms with Crippen molar-refractivity contribution >= 4 is 0 Å². The van der Waals surface area contributed by atoms with E-state index in [1.807, 2.05) is 0 Å². The number of aliphatic hydroxyl groups excluding tert-OH is 1. The Bertz CT molecular complexity index is 505. The van der Waals surface area contributed by atoms with Crippen molar-refractivity contribution < 1.29 is 14.6 Å². The monoisotopic (exact) mass is 215 g/mol. The first-order valence-electron chi connectivity index (χ1n) is 4.74. The van der Waals surface area contributed by atoms with E-state index in [0.29, 0.717) is 17.1 Å². The number of nitrogens with zero attached hydrogens (tertiary/aromatic N) is 1. The van der Waals surface area contributed by atoms with Crippen molar-refractivity contribution in [3.8, 4) is 29.4 Å². The van der Waals surface area contributed by atoms with Gasteiger partial charge in [0.1, 0.15) is 6.61 Å². The Hall–Kier alpha value is -2.17. The number of hydrogen-bond donors (Lipinski definition) is 1. The summed E-state index contributed by atoms with van der Waals surface area (Å²) in [6.07, 6.45) is 0.256. The van der Waals surface area contributed by atoms with E-state index in [0.717, 1.165) is 5.56 Å². The van der Waals surface area contributed by atoms with Crippen molar-refractivity contribution in [2.24, 2.45) is 0 Å². The fraction of sp³-hybridized carbons (Fsp3) is 0.250. The first-order valence-corrected chi connectivity index (χ1v) is 4.74.